The van der Waals surface area contributed by atoms with Gasteiger partial charge in [0.2, 0.25) is 12.4 Å². The van der Waals surface area contributed by atoms with Crippen LogP contribution in [0.2, 0.25) is 0 Å². The van der Waals surface area contributed by atoms with Gasteiger partial charge in [0.05, 0.1) is 6.20 Å². The van der Waals surface area contributed by atoms with Gasteiger partial charge in [-0.2, -0.15) is 4.98 Å². The molecule has 6 heteroatoms. The summed E-state index contributed by atoms with van der Waals surface area (Å²) < 4.78 is 0. The molecule has 0 radical (unpaired) electrons. The monoisotopic (exact) mass is 293 g/mol. The molecule has 1 heterocycles. The highest BCUT2D eigenvalue weighted by Crippen LogP contribution is 2.29. The Kier molecular flexibility index (Phi) is 8.04. The third-order valence-corrected chi connectivity index (χ3v) is 3.17. The molecule has 21 heavy (non-hydrogen) atoms. The predicted molar refractivity (Wildman–Crippen MR) is 89.5 cm³/mol. The fourth-order valence-electron chi connectivity index (χ4n) is 2.03. The van der Waals surface area contributed by atoms with E-state index in [1.807, 2.05) is 0 Å². The van der Waals surface area contributed by atoms with E-state index in [2.05, 4.69) is 55.7 Å². The van der Waals surface area contributed by atoms with E-state index in [1.54, 1.807) is 13.2 Å². The molecule has 0 saturated heterocycles. The molecule has 1 aromatic heterocycles. The van der Waals surface area contributed by atoms with Gasteiger partial charge in [-0.05, 0) is 27.2 Å². The van der Waals surface area contributed by atoms with Crippen LogP contribution in [-0.4, -0.2) is 35.5 Å². The van der Waals surface area contributed by atoms with Gasteiger partial charge in [0.15, 0.2) is 5.82 Å². The molecule has 1 rings (SSSR count). The molecule has 0 bridgehead atoms. The summed E-state index contributed by atoms with van der Waals surface area (Å²) in [6.07, 6.45) is 3.31. The maximum absolute atomic E-state index is 11.0. The highest BCUT2D eigenvalue weighted by atomic mass is 16.1. The Balaban J connectivity index is 0.00000191. The van der Waals surface area contributed by atoms with Crippen molar-refractivity contribution < 1.29 is 4.79 Å². The van der Waals surface area contributed by atoms with E-state index in [0.717, 1.165) is 12.8 Å². The third-order valence-electron chi connectivity index (χ3n) is 3.17. The van der Waals surface area contributed by atoms with Gasteiger partial charge >= 0.3 is 0 Å². The smallest absolute Gasteiger partial charge is 0.222 e. The molecule has 0 saturated carbocycles. The highest BCUT2D eigenvalue weighted by Gasteiger charge is 2.23. The average molecular weight is 293 g/mol. The van der Waals surface area contributed by atoms with Gasteiger partial charge in [0.25, 0.3) is 0 Å². The summed E-state index contributed by atoms with van der Waals surface area (Å²) in [7, 11) is 1.68. The van der Waals surface area contributed by atoms with Crippen molar-refractivity contribution in [2.45, 2.75) is 46.2 Å². The second kappa shape index (κ2) is 8.94. The van der Waals surface area contributed by atoms with Crippen LogP contribution in [0.15, 0.2) is 19.4 Å². The minimum Gasteiger partial charge on any atom is -0.368 e. The molecule has 0 spiro atoms. The molecule has 0 aliphatic carbocycles. The summed E-state index contributed by atoms with van der Waals surface area (Å²) in [5.74, 6) is 0.915. The van der Waals surface area contributed by atoms with E-state index in [-0.39, 0.29) is 12.0 Å². The molecular weight excluding hydrogens is 266 g/mol. The Morgan fingerprint density at radius 1 is 1.38 bits per heavy atom. The third kappa shape index (κ3) is 4.73. The average Bonchev–Trinajstić information content (AvgIpc) is 2.48. The van der Waals surface area contributed by atoms with Crippen LogP contribution in [0, 0.1) is 0 Å². The maximum atomic E-state index is 11.0. The van der Waals surface area contributed by atoms with Gasteiger partial charge in [-0.25, -0.2) is 4.98 Å². The molecule has 0 aromatic carbocycles. The molecule has 0 aliphatic heterocycles. The lowest BCUT2D eigenvalue weighted by atomic mass is 10.1. The van der Waals surface area contributed by atoms with E-state index >= 15 is 0 Å². The molecule has 1 amide bonds. The summed E-state index contributed by atoms with van der Waals surface area (Å²) in [5, 5.41) is 0. The largest absolute Gasteiger partial charge is 0.368 e. The molecule has 0 aliphatic rings. The Labute approximate surface area is 127 Å². The molecule has 118 valence electrons. The van der Waals surface area contributed by atoms with Crippen LogP contribution in [-0.2, 0) is 4.79 Å². The zero-order valence-corrected chi connectivity index (χ0v) is 13.7. The number of nitrogens with zero attached hydrogens (tertiary/aromatic N) is 4. The van der Waals surface area contributed by atoms with Crippen molar-refractivity contribution in [1.82, 2.24) is 9.97 Å². The van der Waals surface area contributed by atoms with Crippen molar-refractivity contribution in [1.29, 1.82) is 0 Å². The number of amides is 1. The number of hydrogen-bond donors (Lipinski definition) is 1. The van der Waals surface area contributed by atoms with Crippen LogP contribution < -0.4 is 15.5 Å². The first-order chi connectivity index (χ1) is 9.92. The van der Waals surface area contributed by atoms with Crippen molar-refractivity contribution in [2.75, 3.05) is 22.6 Å². The SMILES string of the molecule is C=C.CCC(C)N(c1nc(N)ncc1N(C)C=O)C(C)C. The van der Waals surface area contributed by atoms with E-state index in [4.69, 9.17) is 5.73 Å². The number of carbonyl (C=O) groups excluding carboxylic acids is 1. The normalized spacial score (nSPS) is 11.3. The number of carbonyl (C=O) groups is 1. The summed E-state index contributed by atoms with van der Waals surface area (Å²) in [6, 6.07) is 0.552. The topological polar surface area (TPSA) is 75.4 Å². The number of hydrogen-bond acceptors (Lipinski definition) is 5. The summed E-state index contributed by atoms with van der Waals surface area (Å²) >= 11 is 0. The molecule has 6 nitrogen and oxygen atoms in total. The van der Waals surface area contributed by atoms with Crippen LogP contribution in [0.4, 0.5) is 17.5 Å². The van der Waals surface area contributed by atoms with Gasteiger partial charge in [0, 0.05) is 19.1 Å². The zero-order chi connectivity index (χ0) is 16.6. The van der Waals surface area contributed by atoms with Crippen molar-refractivity contribution >= 4 is 23.9 Å². The number of nitrogen functional groups attached to an aromatic ring is 1. The van der Waals surface area contributed by atoms with Crippen LogP contribution in [0.1, 0.15) is 34.1 Å². The van der Waals surface area contributed by atoms with E-state index in [1.165, 1.54) is 4.90 Å². The highest BCUT2D eigenvalue weighted by molar-refractivity contribution is 5.81. The van der Waals surface area contributed by atoms with Gasteiger partial charge < -0.3 is 15.5 Å². The van der Waals surface area contributed by atoms with Gasteiger partial charge in [-0.1, -0.05) is 6.92 Å². The van der Waals surface area contributed by atoms with Crippen LogP contribution in [0.5, 0.6) is 0 Å². The Morgan fingerprint density at radius 3 is 2.38 bits per heavy atom. The zero-order valence-electron chi connectivity index (χ0n) is 13.7. The molecule has 1 unspecified atom stereocenters. The van der Waals surface area contributed by atoms with Crippen molar-refractivity contribution in [3.8, 4) is 0 Å². The molecule has 1 atom stereocenters. The van der Waals surface area contributed by atoms with E-state index in [9.17, 15) is 4.79 Å². The molecule has 0 fully saturated rings. The maximum Gasteiger partial charge on any atom is 0.222 e. The number of rotatable bonds is 6. The number of anilines is 3. The predicted octanol–water partition coefficient (Wildman–Crippen LogP) is 2.47. The molecule has 1 aromatic rings. The number of nitrogens with two attached hydrogens (primary N) is 1. The standard InChI is InChI=1S/C13H23N5O.C2H4/c1-6-10(4)18(9(2)3)12-11(17(5)8-19)7-15-13(14)16-12;1-2/h7-10H,6H2,1-5H3,(H2,14,15,16);1-2H2. The second-order valence-electron chi connectivity index (χ2n) is 4.91. The van der Waals surface area contributed by atoms with Crippen molar-refractivity contribution in [3.63, 3.8) is 0 Å². The number of aromatic nitrogens is 2. The Hall–Kier alpha value is -2.11. The summed E-state index contributed by atoms with van der Waals surface area (Å²) in [4.78, 5) is 22.9. The first-order valence-corrected chi connectivity index (χ1v) is 7.01. The minimum atomic E-state index is 0.215. The van der Waals surface area contributed by atoms with Crippen LogP contribution in [0.3, 0.4) is 0 Å². The second-order valence-corrected chi connectivity index (χ2v) is 4.91. The van der Waals surface area contributed by atoms with Gasteiger partial charge in [0.1, 0.15) is 5.69 Å². The molecule has 2 N–H and O–H groups in total. The van der Waals surface area contributed by atoms with Crippen LogP contribution >= 0.6 is 0 Å². The van der Waals surface area contributed by atoms with Gasteiger partial charge in [-0.3, -0.25) is 4.79 Å². The first kappa shape index (κ1) is 18.9. The Morgan fingerprint density at radius 2 is 1.95 bits per heavy atom. The fourth-order valence-corrected chi connectivity index (χ4v) is 2.03. The fraction of sp³-hybridized carbons (Fsp3) is 0.533. The van der Waals surface area contributed by atoms with E-state index < -0.39 is 0 Å². The van der Waals surface area contributed by atoms with Crippen molar-refractivity contribution in [3.05, 3.63) is 19.4 Å². The quantitative estimate of drug-likeness (QED) is 0.644. The van der Waals surface area contributed by atoms with Crippen molar-refractivity contribution in [2.24, 2.45) is 0 Å². The molecular formula is C15H27N5O. The lowest BCUT2D eigenvalue weighted by Crippen LogP contribution is -2.40. The lowest BCUT2D eigenvalue weighted by molar-refractivity contribution is -0.107. The lowest BCUT2D eigenvalue weighted by Gasteiger charge is -2.35. The summed E-state index contributed by atoms with van der Waals surface area (Å²) in [6.45, 7) is 14.4. The van der Waals surface area contributed by atoms with E-state index in [0.29, 0.717) is 17.5 Å². The Bertz CT molecular complexity index is 450. The first-order valence-electron chi connectivity index (χ1n) is 7.01. The van der Waals surface area contributed by atoms with Gasteiger partial charge in [-0.15, -0.1) is 13.2 Å². The van der Waals surface area contributed by atoms with Crippen LogP contribution in [0.25, 0.3) is 0 Å². The summed E-state index contributed by atoms with van der Waals surface area (Å²) in [5.41, 5.74) is 6.36. The minimum absolute atomic E-state index is 0.215.